The molecule has 1 aliphatic rings. The molecule has 1 heterocycles. The molecule has 1 atom stereocenters. The number of benzene rings is 1. The molecule has 0 aliphatic carbocycles. The third kappa shape index (κ3) is 3.19. The number of rotatable bonds is 3. The molecule has 106 valence electrons. The van der Waals surface area contributed by atoms with Crippen molar-refractivity contribution in [3.8, 4) is 6.07 Å². The molecular formula is C11H9ClN2O4S2. The highest BCUT2D eigenvalue weighted by atomic mass is 35.5. The Kier molecular flexibility index (Phi) is 3.88. The molecule has 1 N–H and O–H groups in total. The van der Waals surface area contributed by atoms with Gasteiger partial charge in [-0.3, -0.25) is 0 Å². The molecule has 0 saturated carbocycles. The first-order chi connectivity index (χ1) is 9.23. The van der Waals surface area contributed by atoms with Crippen LogP contribution in [0.4, 0.5) is 0 Å². The van der Waals surface area contributed by atoms with E-state index in [4.69, 9.17) is 16.9 Å². The summed E-state index contributed by atoms with van der Waals surface area (Å²) in [6, 6.07) is 4.78. The maximum atomic E-state index is 12.1. The first kappa shape index (κ1) is 15.0. The summed E-state index contributed by atoms with van der Waals surface area (Å²) in [5, 5.41) is 9.57. The van der Waals surface area contributed by atoms with Gasteiger partial charge in [-0.25, -0.2) is 21.6 Å². The van der Waals surface area contributed by atoms with Crippen molar-refractivity contribution in [2.45, 2.75) is 10.9 Å². The molecule has 0 amide bonds. The van der Waals surface area contributed by atoms with Gasteiger partial charge >= 0.3 is 0 Å². The Morgan fingerprint density at radius 2 is 2.10 bits per heavy atom. The van der Waals surface area contributed by atoms with E-state index in [9.17, 15) is 16.8 Å². The second kappa shape index (κ2) is 5.18. The van der Waals surface area contributed by atoms with Crippen molar-refractivity contribution in [1.29, 1.82) is 5.26 Å². The molecule has 1 unspecified atom stereocenters. The SMILES string of the molecule is N#Cc1ccc(S(=O)(=O)NC2C=CS(=O)(=O)C2)c(Cl)c1. The molecule has 0 bridgehead atoms. The van der Waals surface area contributed by atoms with E-state index in [1.807, 2.05) is 6.07 Å². The van der Waals surface area contributed by atoms with Gasteiger partial charge in [0.2, 0.25) is 10.0 Å². The molecule has 0 saturated heterocycles. The minimum absolute atomic E-state index is 0.0959. The zero-order valence-electron chi connectivity index (χ0n) is 9.95. The van der Waals surface area contributed by atoms with E-state index >= 15 is 0 Å². The second-order valence-electron chi connectivity index (χ2n) is 4.14. The van der Waals surface area contributed by atoms with Crippen molar-refractivity contribution in [3.63, 3.8) is 0 Å². The highest BCUT2D eigenvalue weighted by Gasteiger charge is 2.27. The van der Waals surface area contributed by atoms with Gasteiger partial charge in [0.15, 0.2) is 9.84 Å². The third-order valence-electron chi connectivity index (χ3n) is 2.59. The van der Waals surface area contributed by atoms with Crippen LogP contribution in [-0.2, 0) is 19.9 Å². The van der Waals surface area contributed by atoms with E-state index in [1.165, 1.54) is 24.3 Å². The quantitative estimate of drug-likeness (QED) is 0.881. The highest BCUT2D eigenvalue weighted by molar-refractivity contribution is 7.94. The number of sulfonamides is 1. The van der Waals surface area contributed by atoms with Gasteiger partial charge in [0.25, 0.3) is 0 Å². The van der Waals surface area contributed by atoms with Gasteiger partial charge in [0.05, 0.1) is 28.5 Å². The predicted molar refractivity (Wildman–Crippen MR) is 73.2 cm³/mol. The van der Waals surface area contributed by atoms with Crippen LogP contribution in [0.1, 0.15) is 5.56 Å². The van der Waals surface area contributed by atoms with Gasteiger partial charge in [0.1, 0.15) is 4.90 Å². The number of sulfone groups is 1. The minimum atomic E-state index is -3.96. The maximum Gasteiger partial charge on any atom is 0.242 e. The average molecular weight is 333 g/mol. The van der Waals surface area contributed by atoms with Crippen LogP contribution in [-0.4, -0.2) is 28.6 Å². The fraction of sp³-hybridized carbons (Fsp3) is 0.182. The van der Waals surface area contributed by atoms with Crippen LogP contribution in [0.5, 0.6) is 0 Å². The molecule has 0 aromatic heterocycles. The Morgan fingerprint density at radius 1 is 1.40 bits per heavy atom. The molecule has 6 nitrogen and oxygen atoms in total. The van der Waals surface area contributed by atoms with E-state index in [0.717, 1.165) is 5.41 Å². The zero-order valence-corrected chi connectivity index (χ0v) is 12.3. The lowest BCUT2D eigenvalue weighted by Crippen LogP contribution is -2.35. The lowest BCUT2D eigenvalue weighted by Gasteiger charge is -2.12. The van der Waals surface area contributed by atoms with Gasteiger partial charge in [0, 0.05) is 5.41 Å². The van der Waals surface area contributed by atoms with Crippen molar-refractivity contribution < 1.29 is 16.8 Å². The van der Waals surface area contributed by atoms with Crippen molar-refractivity contribution >= 4 is 31.5 Å². The number of hydrogen-bond acceptors (Lipinski definition) is 5. The summed E-state index contributed by atoms with van der Waals surface area (Å²) >= 11 is 5.83. The van der Waals surface area contributed by atoms with Gasteiger partial charge in [-0.15, -0.1) is 0 Å². The molecule has 2 rings (SSSR count). The van der Waals surface area contributed by atoms with Gasteiger partial charge in [-0.1, -0.05) is 17.7 Å². The first-order valence-corrected chi connectivity index (χ1v) is 8.94. The van der Waals surface area contributed by atoms with Gasteiger partial charge < -0.3 is 0 Å². The van der Waals surface area contributed by atoms with Crippen LogP contribution < -0.4 is 4.72 Å². The Bertz CT molecular complexity index is 822. The minimum Gasteiger partial charge on any atom is -0.224 e. The van der Waals surface area contributed by atoms with Crippen LogP contribution in [0.3, 0.4) is 0 Å². The molecule has 1 aromatic carbocycles. The fourth-order valence-electron chi connectivity index (χ4n) is 1.70. The third-order valence-corrected chi connectivity index (χ3v) is 5.96. The van der Waals surface area contributed by atoms with Crippen molar-refractivity contribution in [2.24, 2.45) is 0 Å². The Balaban J connectivity index is 2.29. The smallest absolute Gasteiger partial charge is 0.224 e. The lowest BCUT2D eigenvalue weighted by molar-refractivity contribution is 0.575. The molecule has 20 heavy (non-hydrogen) atoms. The lowest BCUT2D eigenvalue weighted by atomic mass is 10.2. The summed E-state index contributed by atoms with van der Waals surface area (Å²) < 4.78 is 48.9. The van der Waals surface area contributed by atoms with Crippen molar-refractivity contribution in [1.82, 2.24) is 4.72 Å². The van der Waals surface area contributed by atoms with Crippen LogP contribution in [0.25, 0.3) is 0 Å². The number of hydrogen-bond donors (Lipinski definition) is 1. The molecule has 0 spiro atoms. The second-order valence-corrected chi connectivity index (χ2v) is 8.16. The molecule has 1 aliphatic heterocycles. The molecule has 0 fully saturated rings. The van der Waals surface area contributed by atoms with E-state index < -0.39 is 25.9 Å². The average Bonchev–Trinajstić information content (AvgIpc) is 2.67. The standard InChI is InChI=1S/C11H9ClN2O4S2/c12-10-5-8(6-13)1-2-11(10)20(17,18)14-9-3-4-19(15,16)7-9/h1-5,9,14H,7H2. The van der Waals surface area contributed by atoms with Gasteiger partial charge in [-0.05, 0) is 18.2 Å². The number of nitriles is 1. The number of halogens is 1. The van der Waals surface area contributed by atoms with Crippen LogP contribution in [0.2, 0.25) is 5.02 Å². The summed E-state index contributed by atoms with van der Waals surface area (Å²) in [4.78, 5) is -0.198. The van der Waals surface area contributed by atoms with Crippen molar-refractivity contribution in [2.75, 3.05) is 5.75 Å². The Labute approximate surface area is 121 Å². The van der Waals surface area contributed by atoms with Crippen LogP contribution in [0, 0.1) is 11.3 Å². The Hall–Kier alpha value is -1.40. The summed E-state index contributed by atoms with van der Waals surface area (Å²) in [6.45, 7) is 0. The monoisotopic (exact) mass is 332 g/mol. The highest BCUT2D eigenvalue weighted by Crippen LogP contribution is 2.23. The predicted octanol–water partition coefficient (Wildman–Crippen LogP) is 0.801. The van der Waals surface area contributed by atoms with Gasteiger partial charge in [-0.2, -0.15) is 5.26 Å². The van der Waals surface area contributed by atoms with E-state index in [2.05, 4.69) is 4.72 Å². The van der Waals surface area contributed by atoms with E-state index in [-0.39, 0.29) is 21.2 Å². The molecule has 0 radical (unpaired) electrons. The normalized spacial score (nSPS) is 20.7. The Morgan fingerprint density at radius 3 is 2.60 bits per heavy atom. The van der Waals surface area contributed by atoms with E-state index in [0.29, 0.717) is 0 Å². The zero-order chi connectivity index (χ0) is 15.0. The number of nitrogens with one attached hydrogen (secondary N) is 1. The van der Waals surface area contributed by atoms with E-state index in [1.54, 1.807) is 0 Å². The summed E-state index contributed by atoms with van der Waals surface area (Å²) in [5.41, 5.74) is 0.234. The van der Waals surface area contributed by atoms with Crippen LogP contribution >= 0.6 is 11.6 Å². The summed E-state index contributed by atoms with van der Waals surface area (Å²) in [5.74, 6) is -0.319. The summed E-state index contributed by atoms with van der Waals surface area (Å²) in [6.07, 6.45) is 1.27. The maximum absolute atomic E-state index is 12.1. The topological polar surface area (TPSA) is 104 Å². The fourth-order valence-corrected chi connectivity index (χ4v) is 4.78. The first-order valence-electron chi connectivity index (χ1n) is 5.36. The summed E-state index contributed by atoms with van der Waals surface area (Å²) in [7, 11) is -7.31. The largest absolute Gasteiger partial charge is 0.242 e. The number of nitrogens with zero attached hydrogens (tertiary/aromatic N) is 1. The van der Waals surface area contributed by atoms with Crippen LogP contribution in [0.15, 0.2) is 34.6 Å². The molecular weight excluding hydrogens is 324 g/mol. The van der Waals surface area contributed by atoms with Crippen molar-refractivity contribution in [3.05, 3.63) is 40.3 Å². The molecule has 9 heteroatoms. The molecule has 1 aromatic rings.